The summed E-state index contributed by atoms with van der Waals surface area (Å²) >= 11 is 12.0. The Hall–Kier alpha value is -2.44. The summed E-state index contributed by atoms with van der Waals surface area (Å²) in [5.41, 5.74) is 2.83. The number of benzene rings is 2. The second-order valence-electron chi connectivity index (χ2n) is 6.21. The van der Waals surface area contributed by atoms with Crippen molar-refractivity contribution in [1.29, 1.82) is 0 Å². The number of hydrogen-bond acceptors (Lipinski definition) is 3. The highest BCUT2D eigenvalue weighted by molar-refractivity contribution is 6.36. The fraction of sp³-hybridized carbons (Fsp3) is 0.222. The van der Waals surface area contributed by atoms with Crippen LogP contribution in [0.5, 0.6) is 0 Å². The van der Waals surface area contributed by atoms with Gasteiger partial charge in [0.05, 0.1) is 21.6 Å². The van der Waals surface area contributed by atoms with Crippen LogP contribution in [-0.4, -0.2) is 47.0 Å². The second kappa shape index (κ2) is 6.70. The number of halogens is 2. The molecule has 0 saturated carbocycles. The summed E-state index contributed by atoms with van der Waals surface area (Å²) in [6.07, 6.45) is 0. The van der Waals surface area contributed by atoms with Crippen LogP contribution in [0.15, 0.2) is 41.2 Å². The number of fused-ring (bicyclic) bond motifs is 1. The van der Waals surface area contributed by atoms with Crippen LogP contribution < -0.4 is 10.6 Å². The van der Waals surface area contributed by atoms with Crippen molar-refractivity contribution >= 4 is 45.8 Å². The van der Waals surface area contributed by atoms with Gasteiger partial charge >= 0.3 is 5.69 Å². The molecule has 2 aromatic carbocycles. The average molecular weight is 391 g/mol. The van der Waals surface area contributed by atoms with Gasteiger partial charge in [0.15, 0.2) is 0 Å². The number of anilines is 1. The summed E-state index contributed by atoms with van der Waals surface area (Å²) in [5.74, 6) is -0.0864. The van der Waals surface area contributed by atoms with E-state index in [0.29, 0.717) is 41.8 Å². The molecule has 1 fully saturated rings. The first-order valence-corrected chi connectivity index (χ1v) is 8.98. The Labute approximate surface area is 159 Å². The number of hydrogen-bond donors (Lipinski definition) is 2. The van der Waals surface area contributed by atoms with Gasteiger partial charge in [0.2, 0.25) is 0 Å². The molecular weight excluding hydrogens is 375 g/mol. The zero-order valence-corrected chi connectivity index (χ0v) is 15.3. The molecule has 6 nitrogen and oxygen atoms in total. The quantitative estimate of drug-likeness (QED) is 0.705. The second-order valence-corrected chi connectivity index (χ2v) is 7.06. The number of nitrogens with one attached hydrogen (secondary N) is 2. The summed E-state index contributed by atoms with van der Waals surface area (Å²) < 4.78 is 0. The molecule has 8 heteroatoms. The van der Waals surface area contributed by atoms with Gasteiger partial charge in [-0.2, -0.15) is 0 Å². The zero-order chi connectivity index (χ0) is 18.3. The minimum absolute atomic E-state index is 0.0864. The Morgan fingerprint density at radius 3 is 2.38 bits per heavy atom. The lowest BCUT2D eigenvalue weighted by atomic mass is 10.1. The molecule has 1 aromatic heterocycles. The SMILES string of the molecule is O=C(c1ccc(Cl)cc1Cl)N1CCN(c2ccc3[nH]c(=O)[nH]c3c2)CC1. The number of nitrogens with zero attached hydrogens (tertiary/aromatic N) is 2. The summed E-state index contributed by atoms with van der Waals surface area (Å²) in [4.78, 5) is 33.6. The molecule has 0 aliphatic carbocycles. The van der Waals surface area contributed by atoms with Gasteiger partial charge in [-0.25, -0.2) is 4.79 Å². The van der Waals surface area contributed by atoms with Gasteiger partial charge in [-0.1, -0.05) is 23.2 Å². The number of imidazole rings is 1. The molecule has 0 spiro atoms. The van der Waals surface area contributed by atoms with Crippen LogP contribution in [0.3, 0.4) is 0 Å². The van der Waals surface area contributed by atoms with E-state index in [4.69, 9.17) is 23.2 Å². The van der Waals surface area contributed by atoms with Gasteiger partial charge in [-0.3, -0.25) is 4.79 Å². The fourth-order valence-corrected chi connectivity index (χ4v) is 3.71. The molecule has 0 bridgehead atoms. The van der Waals surface area contributed by atoms with Crippen molar-refractivity contribution in [3.05, 3.63) is 62.5 Å². The van der Waals surface area contributed by atoms with Crippen molar-refractivity contribution in [3.63, 3.8) is 0 Å². The molecule has 0 unspecified atom stereocenters. The van der Waals surface area contributed by atoms with E-state index < -0.39 is 0 Å². The monoisotopic (exact) mass is 390 g/mol. The maximum atomic E-state index is 12.7. The normalized spacial score (nSPS) is 14.8. The van der Waals surface area contributed by atoms with Crippen molar-refractivity contribution in [1.82, 2.24) is 14.9 Å². The predicted octanol–water partition coefficient (Wildman–Crippen LogP) is 3.13. The molecule has 1 amide bonds. The van der Waals surface area contributed by atoms with Gasteiger partial charge in [0.1, 0.15) is 0 Å². The number of amides is 1. The lowest BCUT2D eigenvalue weighted by Gasteiger charge is -2.36. The maximum Gasteiger partial charge on any atom is 0.323 e. The smallest absolute Gasteiger partial charge is 0.323 e. The summed E-state index contributed by atoms with van der Waals surface area (Å²) in [5, 5.41) is 0.876. The first-order chi connectivity index (χ1) is 12.5. The highest BCUT2D eigenvalue weighted by atomic mass is 35.5. The van der Waals surface area contributed by atoms with Crippen LogP contribution in [0.25, 0.3) is 11.0 Å². The Morgan fingerprint density at radius 2 is 1.65 bits per heavy atom. The van der Waals surface area contributed by atoms with Crippen LogP contribution in [0, 0.1) is 0 Å². The van der Waals surface area contributed by atoms with Gasteiger partial charge in [0.25, 0.3) is 5.91 Å². The Bertz CT molecular complexity index is 1040. The number of aromatic amines is 2. The van der Waals surface area contributed by atoms with Gasteiger partial charge in [-0.15, -0.1) is 0 Å². The van der Waals surface area contributed by atoms with E-state index in [1.165, 1.54) is 0 Å². The van der Waals surface area contributed by atoms with Crippen molar-refractivity contribution in [3.8, 4) is 0 Å². The summed E-state index contributed by atoms with van der Waals surface area (Å²) in [6, 6.07) is 10.7. The molecule has 2 N–H and O–H groups in total. The van der Waals surface area contributed by atoms with Crippen LogP contribution >= 0.6 is 23.2 Å². The number of carbonyl (C=O) groups is 1. The molecule has 4 rings (SSSR count). The van der Waals surface area contributed by atoms with Gasteiger partial charge in [-0.05, 0) is 36.4 Å². The Kier molecular flexibility index (Phi) is 4.38. The van der Waals surface area contributed by atoms with E-state index in [2.05, 4.69) is 14.9 Å². The molecule has 3 aromatic rings. The molecule has 1 aliphatic rings. The van der Waals surface area contributed by atoms with Crippen LogP contribution in [0.1, 0.15) is 10.4 Å². The molecule has 134 valence electrons. The fourth-order valence-electron chi connectivity index (χ4n) is 3.22. The third-order valence-electron chi connectivity index (χ3n) is 4.59. The van der Waals surface area contributed by atoms with E-state index in [0.717, 1.165) is 16.7 Å². The predicted molar refractivity (Wildman–Crippen MR) is 103 cm³/mol. The van der Waals surface area contributed by atoms with Crippen LogP contribution in [0.4, 0.5) is 5.69 Å². The third-order valence-corrected chi connectivity index (χ3v) is 5.14. The van der Waals surface area contributed by atoms with Crippen LogP contribution in [-0.2, 0) is 0 Å². The minimum atomic E-state index is -0.215. The minimum Gasteiger partial charge on any atom is -0.368 e. The van der Waals surface area contributed by atoms with Crippen molar-refractivity contribution < 1.29 is 4.79 Å². The molecule has 26 heavy (non-hydrogen) atoms. The average Bonchev–Trinajstić information content (AvgIpc) is 3.00. The summed E-state index contributed by atoms with van der Waals surface area (Å²) in [6.45, 7) is 2.60. The highest BCUT2D eigenvalue weighted by Crippen LogP contribution is 2.24. The molecule has 1 aliphatic heterocycles. The van der Waals surface area contributed by atoms with E-state index in [1.54, 1.807) is 23.1 Å². The van der Waals surface area contributed by atoms with E-state index in [1.807, 2.05) is 18.2 Å². The van der Waals surface area contributed by atoms with Crippen molar-refractivity contribution in [2.24, 2.45) is 0 Å². The van der Waals surface area contributed by atoms with E-state index in [-0.39, 0.29) is 11.6 Å². The molecular formula is C18H16Cl2N4O2. The molecule has 1 saturated heterocycles. The topological polar surface area (TPSA) is 72.2 Å². The van der Waals surface area contributed by atoms with Crippen molar-refractivity contribution in [2.75, 3.05) is 31.1 Å². The first kappa shape index (κ1) is 17.0. The molecule has 0 atom stereocenters. The summed E-state index contributed by atoms with van der Waals surface area (Å²) in [7, 11) is 0. The van der Waals surface area contributed by atoms with Gasteiger partial charge < -0.3 is 19.8 Å². The number of H-pyrrole nitrogens is 2. The van der Waals surface area contributed by atoms with Crippen molar-refractivity contribution in [2.45, 2.75) is 0 Å². The highest BCUT2D eigenvalue weighted by Gasteiger charge is 2.24. The van der Waals surface area contributed by atoms with Gasteiger partial charge in [0, 0.05) is 36.9 Å². The first-order valence-electron chi connectivity index (χ1n) is 8.22. The lowest BCUT2D eigenvalue weighted by Crippen LogP contribution is -2.48. The molecule has 0 radical (unpaired) electrons. The van der Waals surface area contributed by atoms with E-state index in [9.17, 15) is 9.59 Å². The largest absolute Gasteiger partial charge is 0.368 e. The van der Waals surface area contributed by atoms with E-state index >= 15 is 0 Å². The number of piperazine rings is 1. The zero-order valence-electron chi connectivity index (χ0n) is 13.8. The third kappa shape index (κ3) is 3.18. The maximum absolute atomic E-state index is 12.7. The lowest BCUT2D eigenvalue weighted by molar-refractivity contribution is 0.0747. The Balaban J connectivity index is 1.47. The molecule has 2 heterocycles. The Morgan fingerprint density at radius 1 is 0.923 bits per heavy atom. The number of rotatable bonds is 2. The number of aromatic nitrogens is 2. The van der Waals surface area contributed by atoms with Crippen LogP contribution in [0.2, 0.25) is 10.0 Å². The number of carbonyl (C=O) groups excluding carboxylic acids is 1. The standard InChI is InChI=1S/C18H16Cl2N4O2/c19-11-1-3-13(14(20)9-11)17(25)24-7-5-23(6-8-24)12-2-4-15-16(10-12)22-18(26)21-15/h1-4,9-10H,5-8H2,(H2,21,22,26).